The second-order valence-corrected chi connectivity index (χ2v) is 12.7. The van der Waals surface area contributed by atoms with Gasteiger partial charge in [0, 0.05) is 38.4 Å². The zero-order valence-electron chi connectivity index (χ0n) is 23.9. The summed E-state index contributed by atoms with van der Waals surface area (Å²) in [7, 11) is 0. The Kier molecular flexibility index (Phi) is 7.96. The largest absolute Gasteiger partial charge is 0.322 e. The fraction of sp³-hybridized carbons (Fsp3) is 0.273. The summed E-state index contributed by atoms with van der Waals surface area (Å²) in [6.07, 6.45) is 7.34. The number of aryl methyl sites for hydroxylation is 3. The highest BCUT2D eigenvalue weighted by Crippen LogP contribution is 2.39. The van der Waals surface area contributed by atoms with Gasteiger partial charge in [-0.25, -0.2) is 4.98 Å². The fourth-order valence-electron chi connectivity index (χ4n) is 5.71. The maximum absolute atomic E-state index is 13.8. The summed E-state index contributed by atoms with van der Waals surface area (Å²) in [6.45, 7) is 6.15. The Morgan fingerprint density at radius 1 is 1.12 bits per heavy atom. The number of rotatable bonds is 7. The number of carbonyl (C=O) groups is 1. The van der Waals surface area contributed by atoms with Crippen LogP contribution in [0, 0.1) is 13.8 Å². The predicted octanol–water partition coefficient (Wildman–Crippen LogP) is 7.59. The van der Waals surface area contributed by atoms with Crippen molar-refractivity contribution in [3.8, 4) is 5.00 Å². The van der Waals surface area contributed by atoms with Gasteiger partial charge in [-0.05, 0) is 87.9 Å². The van der Waals surface area contributed by atoms with Crippen molar-refractivity contribution in [2.75, 3.05) is 5.32 Å². The zero-order chi connectivity index (χ0) is 29.4. The molecule has 0 unspecified atom stereocenters. The van der Waals surface area contributed by atoms with Gasteiger partial charge in [-0.1, -0.05) is 41.1 Å². The summed E-state index contributed by atoms with van der Waals surface area (Å²) in [5.41, 5.74) is 6.03. The van der Waals surface area contributed by atoms with E-state index in [1.54, 1.807) is 23.6 Å². The van der Waals surface area contributed by atoms with Gasteiger partial charge in [-0.2, -0.15) is 9.78 Å². The summed E-state index contributed by atoms with van der Waals surface area (Å²) in [5, 5.41) is 9.25. The molecule has 6 rings (SSSR count). The molecule has 0 atom stereocenters. The minimum absolute atomic E-state index is 0.0810. The maximum Gasteiger partial charge on any atom is 0.282 e. The van der Waals surface area contributed by atoms with Crippen LogP contribution in [0.25, 0.3) is 15.9 Å². The van der Waals surface area contributed by atoms with E-state index in [9.17, 15) is 9.59 Å². The molecule has 0 fully saturated rings. The maximum atomic E-state index is 13.8. The molecule has 214 valence electrons. The molecule has 0 saturated carbocycles. The first-order chi connectivity index (χ1) is 20.4. The lowest BCUT2D eigenvalue weighted by Crippen LogP contribution is -2.22. The average molecular weight is 643 g/mol. The molecule has 42 heavy (non-hydrogen) atoms. The van der Waals surface area contributed by atoms with Crippen LogP contribution in [0.5, 0.6) is 0 Å². The highest BCUT2D eigenvalue weighted by atomic mass is 79.9. The molecule has 0 radical (unpaired) electrons. The van der Waals surface area contributed by atoms with Crippen LogP contribution in [0.15, 0.2) is 69.0 Å². The van der Waals surface area contributed by atoms with Crippen molar-refractivity contribution >= 4 is 56.0 Å². The Hall–Kier alpha value is -3.82. The number of amides is 1. The Morgan fingerprint density at radius 3 is 2.69 bits per heavy atom. The van der Waals surface area contributed by atoms with E-state index in [-0.39, 0.29) is 11.5 Å². The van der Waals surface area contributed by atoms with Crippen molar-refractivity contribution < 1.29 is 4.79 Å². The number of halogens is 1. The first-order valence-electron chi connectivity index (χ1n) is 14.3. The molecule has 0 saturated heterocycles. The summed E-state index contributed by atoms with van der Waals surface area (Å²) < 4.78 is 4.41. The second-order valence-electron chi connectivity index (χ2n) is 10.7. The highest BCUT2D eigenvalue weighted by molar-refractivity contribution is 9.10. The third-order valence-electron chi connectivity index (χ3n) is 7.75. The molecule has 0 aliphatic heterocycles. The average Bonchev–Trinajstić information content (AvgIpc) is 3.49. The summed E-state index contributed by atoms with van der Waals surface area (Å²) in [6, 6.07) is 17.2. The van der Waals surface area contributed by atoms with Crippen LogP contribution in [0.3, 0.4) is 0 Å². The monoisotopic (exact) mass is 641 g/mol. The SMILES string of the molecule is CCCc1nc2ccc(Br)cc2c(=O)n1N=Cc1cc(C)n(-c2sc3c(c2C(=O)Nc2ccccc2)CCCC3)c1C. The van der Waals surface area contributed by atoms with Crippen molar-refractivity contribution in [2.24, 2.45) is 5.10 Å². The van der Waals surface area contributed by atoms with Crippen LogP contribution in [0.1, 0.15) is 69.8 Å². The normalized spacial score (nSPS) is 13.1. The highest BCUT2D eigenvalue weighted by Gasteiger charge is 2.28. The number of anilines is 1. The Balaban J connectivity index is 1.43. The van der Waals surface area contributed by atoms with Crippen molar-refractivity contribution in [3.05, 3.63) is 108 Å². The van der Waals surface area contributed by atoms with Crippen LogP contribution in [-0.2, 0) is 19.3 Å². The molecule has 5 aromatic rings. The van der Waals surface area contributed by atoms with Gasteiger partial charge in [0.05, 0.1) is 22.7 Å². The van der Waals surface area contributed by atoms with Gasteiger partial charge in [-0.15, -0.1) is 11.3 Å². The Morgan fingerprint density at radius 2 is 1.90 bits per heavy atom. The van der Waals surface area contributed by atoms with Gasteiger partial charge in [-0.3, -0.25) is 9.59 Å². The van der Waals surface area contributed by atoms with Gasteiger partial charge in [0.2, 0.25) is 0 Å². The molecule has 9 heteroatoms. The molecular formula is C33H32BrN5O2S. The number of carbonyl (C=O) groups excluding carboxylic acids is 1. The number of aromatic nitrogens is 3. The van der Waals surface area contributed by atoms with Crippen molar-refractivity contribution in [2.45, 2.75) is 59.3 Å². The standard InChI is InChI=1S/C33H32BrN5O2S/c1-4-10-29-37-27-16-15-23(34)18-26(27)32(41)39(29)35-19-22-17-20(2)38(21(22)3)33-30(25-13-8-9-14-28(25)42-33)31(40)36-24-11-6-5-7-12-24/h5-7,11-12,15-19H,4,8-10,13-14H2,1-3H3,(H,36,40). The number of nitrogens with one attached hydrogen (secondary N) is 1. The number of fused-ring (bicyclic) bond motifs is 2. The van der Waals surface area contributed by atoms with Gasteiger partial charge < -0.3 is 9.88 Å². The van der Waals surface area contributed by atoms with Crippen molar-refractivity contribution in [1.82, 2.24) is 14.2 Å². The van der Waals surface area contributed by atoms with Crippen molar-refractivity contribution in [3.63, 3.8) is 0 Å². The van der Waals surface area contributed by atoms with E-state index >= 15 is 0 Å². The van der Waals surface area contributed by atoms with E-state index in [0.29, 0.717) is 23.1 Å². The topological polar surface area (TPSA) is 81.3 Å². The molecule has 2 aromatic carbocycles. The smallest absolute Gasteiger partial charge is 0.282 e. The molecule has 1 amide bonds. The fourth-order valence-corrected chi connectivity index (χ4v) is 7.57. The van der Waals surface area contributed by atoms with Crippen LogP contribution in [0.2, 0.25) is 0 Å². The van der Waals surface area contributed by atoms with E-state index in [0.717, 1.165) is 69.8 Å². The lowest BCUT2D eigenvalue weighted by Gasteiger charge is -2.14. The number of hydrogen-bond donors (Lipinski definition) is 1. The van der Waals surface area contributed by atoms with E-state index in [1.807, 2.05) is 56.3 Å². The summed E-state index contributed by atoms with van der Waals surface area (Å²) in [5.74, 6) is 0.552. The number of thiophene rings is 1. The number of para-hydroxylation sites is 1. The Labute approximate surface area is 257 Å². The van der Waals surface area contributed by atoms with Crippen LogP contribution in [-0.4, -0.2) is 26.3 Å². The molecule has 0 bridgehead atoms. The number of nitrogens with zero attached hydrogens (tertiary/aromatic N) is 4. The van der Waals surface area contributed by atoms with Crippen LogP contribution in [0.4, 0.5) is 5.69 Å². The van der Waals surface area contributed by atoms with E-state index in [4.69, 9.17) is 4.98 Å². The molecule has 1 aliphatic carbocycles. The first kappa shape index (κ1) is 28.3. The molecule has 0 spiro atoms. The predicted molar refractivity (Wildman–Crippen MR) is 175 cm³/mol. The van der Waals surface area contributed by atoms with Gasteiger partial charge in [0.25, 0.3) is 11.5 Å². The number of hydrogen-bond acceptors (Lipinski definition) is 5. The minimum atomic E-state index is -0.194. The molecule has 1 N–H and O–H groups in total. The first-order valence-corrected chi connectivity index (χ1v) is 15.9. The minimum Gasteiger partial charge on any atom is -0.322 e. The zero-order valence-corrected chi connectivity index (χ0v) is 26.3. The van der Waals surface area contributed by atoms with Gasteiger partial charge in [0.15, 0.2) is 0 Å². The van der Waals surface area contributed by atoms with Crippen molar-refractivity contribution in [1.29, 1.82) is 0 Å². The number of benzene rings is 2. The van der Waals surface area contributed by atoms with E-state index in [1.165, 1.54) is 15.1 Å². The second kappa shape index (κ2) is 11.8. The van der Waals surface area contributed by atoms with E-state index in [2.05, 4.69) is 43.9 Å². The third-order valence-corrected chi connectivity index (χ3v) is 9.52. The van der Waals surface area contributed by atoms with E-state index < -0.39 is 0 Å². The lowest BCUT2D eigenvalue weighted by molar-refractivity contribution is 0.102. The van der Waals surface area contributed by atoms with Gasteiger partial charge in [0.1, 0.15) is 10.8 Å². The molecule has 7 nitrogen and oxygen atoms in total. The van der Waals surface area contributed by atoms with Crippen LogP contribution >= 0.6 is 27.3 Å². The quantitative estimate of drug-likeness (QED) is 0.186. The van der Waals surface area contributed by atoms with Crippen LogP contribution < -0.4 is 10.9 Å². The molecule has 3 heterocycles. The summed E-state index contributed by atoms with van der Waals surface area (Å²) >= 11 is 5.18. The third kappa shape index (κ3) is 5.27. The molecular weight excluding hydrogens is 610 g/mol. The Bertz CT molecular complexity index is 1900. The molecule has 1 aliphatic rings. The summed E-state index contributed by atoms with van der Waals surface area (Å²) in [4.78, 5) is 33.3. The molecule has 3 aromatic heterocycles. The van der Waals surface area contributed by atoms with Gasteiger partial charge >= 0.3 is 0 Å². The lowest BCUT2D eigenvalue weighted by atomic mass is 9.95.